The number of ether oxygens (including phenoxy) is 2. The van der Waals surface area contributed by atoms with Crippen LogP contribution in [-0.4, -0.2) is 37.8 Å². The van der Waals surface area contributed by atoms with Crippen molar-refractivity contribution in [3.8, 4) is 5.75 Å². The monoisotopic (exact) mass is 350 g/mol. The standard InChI is InChI=1S/C18H22N2O3.ClH/c19-18(7-10-22-11-8-18)17(21)20-9-12-23-16-6-5-14-3-1-2-4-15(14)13-16;/h1-6,13H,7-12,19H2,(H,20,21);1H. The molecule has 5 nitrogen and oxygen atoms in total. The zero-order chi connectivity index (χ0) is 16.1. The molecule has 6 heteroatoms. The van der Waals surface area contributed by atoms with Gasteiger partial charge in [0, 0.05) is 13.2 Å². The number of carbonyl (C=O) groups excluding carboxylic acids is 1. The number of halogens is 1. The van der Waals surface area contributed by atoms with Crippen LogP contribution in [0.3, 0.4) is 0 Å². The average Bonchev–Trinajstić information content (AvgIpc) is 2.59. The van der Waals surface area contributed by atoms with E-state index in [1.54, 1.807) is 0 Å². The van der Waals surface area contributed by atoms with Crippen LogP contribution in [0, 0.1) is 0 Å². The quantitative estimate of drug-likeness (QED) is 0.811. The number of fused-ring (bicyclic) bond motifs is 1. The predicted molar refractivity (Wildman–Crippen MR) is 96.7 cm³/mol. The summed E-state index contributed by atoms with van der Waals surface area (Å²) in [5.41, 5.74) is 5.32. The molecule has 1 aliphatic rings. The van der Waals surface area contributed by atoms with Crippen LogP contribution in [0.5, 0.6) is 5.75 Å². The molecule has 2 aromatic carbocycles. The fraction of sp³-hybridized carbons (Fsp3) is 0.389. The lowest BCUT2D eigenvalue weighted by Gasteiger charge is -2.31. The number of rotatable bonds is 5. The van der Waals surface area contributed by atoms with Gasteiger partial charge in [-0.25, -0.2) is 0 Å². The molecule has 3 rings (SSSR count). The Hall–Kier alpha value is -1.82. The fourth-order valence-corrected chi connectivity index (χ4v) is 2.73. The fourth-order valence-electron chi connectivity index (χ4n) is 2.73. The smallest absolute Gasteiger partial charge is 0.240 e. The number of hydrogen-bond acceptors (Lipinski definition) is 4. The second-order valence-electron chi connectivity index (χ2n) is 5.88. The number of amides is 1. The minimum atomic E-state index is -0.804. The summed E-state index contributed by atoms with van der Waals surface area (Å²) in [7, 11) is 0. The molecule has 0 atom stereocenters. The molecule has 1 fully saturated rings. The molecule has 3 N–H and O–H groups in total. The molecule has 24 heavy (non-hydrogen) atoms. The largest absolute Gasteiger partial charge is 0.492 e. The number of hydrogen-bond donors (Lipinski definition) is 2. The summed E-state index contributed by atoms with van der Waals surface area (Å²) in [5, 5.41) is 5.17. The number of nitrogens with one attached hydrogen (secondary N) is 1. The van der Waals surface area contributed by atoms with Crippen LogP contribution < -0.4 is 15.8 Å². The maximum atomic E-state index is 12.2. The van der Waals surface area contributed by atoms with Crippen LogP contribution in [0.25, 0.3) is 10.8 Å². The first-order valence-corrected chi connectivity index (χ1v) is 7.94. The van der Waals surface area contributed by atoms with Gasteiger partial charge in [0.1, 0.15) is 12.4 Å². The van der Waals surface area contributed by atoms with Gasteiger partial charge in [-0.15, -0.1) is 12.4 Å². The maximum Gasteiger partial charge on any atom is 0.240 e. The molecule has 130 valence electrons. The Bertz CT molecular complexity index is 687. The SMILES string of the molecule is Cl.NC1(C(=O)NCCOc2ccc3ccccc3c2)CCOCC1. The van der Waals surface area contributed by atoms with Crippen molar-refractivity contribution in [3.63, 3.8) is 0 Å². The average molecular weight is 351 g/mol. The molecule has 1 aliphatic heterocycles. The summed E-state index contributed by atoms with van der Waals surface area (Å²) >= 11 is 0. The number of benzene rings is 2. The van der Waals surface area contributed by atoms with Gasteiger partial charge >= 0.3 is 0 Å². The Labute approximate surface area is 147 Å². The van der Waals surface area contributed by atoms with Crippen LogP contribution in [0.4, 0.5) is 0 Å². The van der Waals surface area contributed by atoms with Gasteiger partial charge in [-0.3, -0.25) is 4.79 Å². The zero-order valence-electron chi connectivity index (χ0n) is 13.5. The lowest BCUT2D eigenvalue weighted by Crippen LogP contribution is -2.57. The normalized spacial score (nSPS) is 16.2. The minimum Gasteiger partial charge on any atom is -0.492 e. The molecule has 0 bridgehead atoms. The van der Waals surface area contributed by atoms with E-state index in [1.807, 2.05) is 36.4 Å². The van der Waals surface area contributed by atoms with Crippen molar-refractivity contribution in [2.45, 2.75) is 18.4 Å². The van der Waals surface area contributed by atoms with Gasteiger partial charge in [0.25, 0.3) is 0 Å². The third kappa shape index (κ3) is 4.38. The summed E-state index contributed by atoms with van der Waals surface area (Å²) in [4.78, 5) is 12.2. The van der Waals surface area contributed by atoms with E-state index >= 15 is 0 Å². The first kappa shape index (κ1) is 18.5. The van der Waals surface area contributed by atoms with Crippen molar-refractivity contribution in [3.05, 3.63) is 42.5 Å². The van der Waals surface area contributed by atoms with Gasteiger partial charge in [-0.1, -0.05) is 30.3 Å². The Morgan fingerprint density at radius 2 is 1.88 bits per heavy atom. The second-order valence-corrected chi connectivity index (χ2v) is 5.88. The third-order valence-corrected chi connectivity index (χ3v) is 4.21. The molecule has 1 heterocycles. The van der Waals surface area contributed by atoms with Crippen LogP contribution in [0.2, 0.25) is 0 Å². The van der Waals surface area contributed by atoms with Gasteiger partial charge in [0.15, 0.2) is 0 Å². The first-order chi connectivity index (χ1) is 11.2. The van der Waals surface area contributed by atoms with E-state index in [4.69, 9.17) is 15.2 Å². The van der Waals surface area contributed by atoms with Crippen LogP contribution in [0.1, 0.15) is 12.8 Å². The van der Waals surface area contributed by atoms with Crippen LogP contribution in [0.15, 0.2) is 42.5 Å². The zero-order valence-corrected chi connectivity index (χ0v) is 14.3. The van der Waals surface area contributed by atoms with Crippen LogP contribution in [-0.2, 0) is 9.53 Å². The molecule has 0 aliphatic carbocycles. The van der Waals surface area contributed by atoms with E-state index in [-0.39, 0.29) is 18.3 Å². The van der Waals surface area contributed by atoms with Crippen LogP contribution >= 0.6 is 12.4 Å². The van der Waals surface area contributed by atoms with Gasteiger partial charge in [0.2, 0.25) is 5.91 Å². The topological polar surface area (TPSA) is 73.6 Å². The van der Waals surface area contributed by atoms with E-state index in [2.05, 4.69) is 11.4 Å². The summed E-state index contributed by atoms with van der Waals surface area (Å²) < 4.78 is 11.0. The molecule has 0 unspecified atom stereocenters. The molecule has 0 aromatic heterocycles. The highest BCUT2D eigenvalue weighted by Crippen LogP contribution is 2.20. The van der Waals surface area contributed by atoms with Crippen molar-refractivity contribution >= 4 is 29.1 Å². The Morgan fingerprint density at radius 3 is 2.62 bits per heavy atom. The molecular formula is C18H23ClN2O3. The van der Waals surface area contributed by atoms with Gasteiger partial charge in [-0.2, -0.15) is 0 Å². The van der Waals surface area contributed by atoms with Crippen molar-refractivity contribution in [1.29, 1.82) is 0 Å². The summed E-state index contributed by atoms with van der Waals surface area (Å²) in [6.45, 7) is 1.93. The molecule has 0 radical (unpaired) electrons. The molecule has 1 amide bonds. The Kier molecular flexibility index (Phi) is 6.43. The van der Waals surface area contributed by atoms with Gasteiger partial charge in [0.05, 0.1) is 12.1 Å². The predicted octanol–water partition coefficient (Wildman–Crippen LogP) is 2.26. The molecule has 0 saturated carbocycles. The molecule has 0 spiro atoms. The van der Waals surface area contributed by atoms with Gasteiger partial charge < -0.3 is 20.5 Å². The maximum absolute atomic E-state index is 12.2. The minimum absolute atomic E-state index is 0. The Balaban J connectivity index is 0.00000208. The second kappa shape index (κ2) is 8.33. The van der Waals surface area contributed by atoms with E-state index in [0.29, 0.717) is 39.2 Å². The first-order valence-electron chi connectivity index (χ1n) is 7.94. The van der Waals surface area contributed by atoms with Crippen molar-refractivity contribution in [2.24, 2.45) is 5.73 Å². The van der Waals surface area contributed by atoms with E-state index in [1.165, 1.54) is 5.39 Å². The third-order valence-electron chi connectivity index (χ3n) is 4.21. The summed E-state index contributed by atoms with van der Waals surface area (Å²) in [5.74, 6) is 0.675. The molecule has 1 saturated heterocycles. The van der Waals surface area contributed by atoms with E-state index < -0.39 is 5.54 Å². The highest BCUT2D eigenvalue weighted by Gasteiger charge is 2.35. The highest BCUT2D eigenvalue weighted by molar-refractivity contribution is 5.86. The summed E-state index contributed by atoms with van der Waals surface area (Å²) in [6, 6.07) is 14.1. The number of carbonyl (C=O) groups is 1. The number of nitrogens with two attached hydrogens (primary N) is 1. The lowest BCUT2D eigenvalue weighted by atomic mass is 9.90. The molecular weight excluding hydrogens is 328 g/mol. The van der Waals surface area contributed by atoms with E-state index in [0.717, 1.165) is 11.1 Å². The van der Waals surface area contributed by atoms with E-state index in [9.17, 15) is 4.79 Å². The van der Waals surface area contributed by atoms with Crippen molar-refractivity contribution in [2.75, 3.05) is 26.4 Å². The van der Waals surface area contributed by atoms with Crippen molar-refractivity contribution < 1.29 is 14.3 Å². The molecule has 2 aromatic rings. The highest BCUT2D eigenvalue weighted by atomic mass is 35.5. The van der Waals surface area contributed by atoms with Gasteiger partial charge in [-0.05, 0) is 35.7 Å². The van der Waals surface area contributed by atoms with Crippen molar-refractivity contribution in [1.82, 2.24) is 5.32 Å². The summed E-state index contributed by atoms with van der Waals surface area (Å²) in [6.07, 6.45) is 1.12. The Morgan fingerprint density at radius 1 is 1.17 bits per heavy atom. The lowest BCUT2D eigenvalue weighted by molar-refractivity contribution is -0.129.